The smallest absolute Gasteiger partial charge is 0.369 e. The molecular formula is C25H19F21O. The fourth-order valence-corrected chi connectivity index (χ4v) is 3.10. The molecule has 0 aliphatic carbocycles. The van der Waals surface area contributed by atoms with Gasteiger partial charge in [-0.25, -0.2) is 0 Å². The van der Waals surface area contributed by atoms with Crippen LogP contribution in [0.2, 0.25) is 0 Å². The van der Waals surface area contributed by atoms with Gasteiger partial charge in [0.2, 0.25) is 0 Å². The molecule has 0 saturated carbocycles. The van der Waals surface area contributed by atoms with Crippen LogP contribution in [-0.2, 0) is 11.0 Å². The second-order valence-corrected chi connectivity index (χ2v) is 9.68. The Morgan fingerprint density at radius 1 is 0.404 bits per heavy atom. The summed E-state index contributed by atoms with van der Waals surface area (Å²) < 4.78 is 255. The van der Waals surface area contributed by atoms with E-state index in [1.54, 1.807) is 0 Å². The van der Waals surface area contributed by atoms with Crippen LogP contribution in [0.4, 0.5) is 92.2 Å². The third-order valence-electron chi connectivity index (χ3n) is 6.44. The molecule has 0 amide bonds. The molecule has 1 nitrogen and oxygen atoms in total. The van der Waals surface area contributed by atoms with Crippen molar-refractivity contribution >= 4 is 0 Å². The lowest BCUT2D eigenvalue weighted by Gasteiger charge is -2.35. The first-order valence-electron chi connectivity index (χ1n) is 11.7. The summed E-state index contributed by atoms with van der Waals surface area (Å²) >= 11 is 0. The van der Waals surface area contributed by atoms with Gasteiger partial charge in [-0.05, 0) is 26.3 Å². The number of aryl methyl sites for hydroxylation is 1. The van der Waals surface area contributed by atoms with Gasteiger partial charge in [0.25, 0.3) is 11.0 Å². The van der Waals surface area contributed by atoms with E-state index in [0.717, 1.165) is 30.3 Å². The van der Waals surface area contributed by atoms with Crippen LogP contribution >= 0.6 is 0 Å². The average Bonchev–Trinajstić information content (AvgIpc) is 2.83. The molecule has 1 N–H and O–H groups in total. The van der Waals surface area contributed by atoms with E-state index in [1.807, 2.05) is 0 Å². The summed E-state index contributed by atoms with van der Waals surface area (Å²) in [6.07, 6.45) is -41.7. The molecule has 22 heteroatoms. The summed E-state index contributed by atoms with van der Waals surface area (Å²) in [5.74, 6) is 0. The van der Waals surface area contributed by atoms with E-state index >= 15 is 0 Å². The molecule has 0 radical (unpaired) electrons. The van der Waals surface area contributed by atoms with Crippen molar-refractivity contribution in [3.8, 4) is 0 Å². The van der Waals surface area contributed by atoms with Gasteiger partial charge in [0.05, 0.1) is 0 Å². The first kappa shape index (κ1) is 43.9. The Labute approximate surface area is 250 Å². The van der Waals surface area contributed by atoms with Crippen LogP contribution in [0.3, 0.4) is 0 Å². The summed E-state index contributed by atoms with van der Waals surface area (Å²) in [7, 11) is 0. The van der Waals surface area contributed by atoms with Gasteiger partial charge in [-0.15, -0.1) is 0 Å². The molecule has 0 bridgehead atoms. The molecule has 0 heterocycles. The van der Waals surface area contributed by atoms with Crippen molar-refractivity contribution in [3.63, 3.8) is 0 Å². The third-order valence-corrected chi connectivity index (χ3v) is 6.44. The summed E-state index contributed by atoms with van der Waals surface area (Å²) in [5, 5.41) is 9.03. The van der Waals surface area contributed by atoms with Crippen molar-refractivity contribution in [1.29, 1.82) is 0 Å². The number of rotatable bonds is 2. The molecule has 0 unspecified atom stereocenters. The lowest BCUT2D eigenvalue weighted by molar-refractivity contribution is -0.420. The quantitative estimate of drug-likeness (QED) is 0.305. The molecule has 0 fully saturated rings. The van der Waals surface area contributed by atoms with Crippen LogP contribution in [0.1, 0.15) is 30.5 Å². The first-order valence-corrected chi connectivity index (χ1v) is 11.7. The minimum atomic E-state index is -6.43. The summed E-state index contributed by atoms with van der Waals surface area (Å²) in [6, 6.07) is 8.88. The molecule has 0 aliphatic heterocycles. The van der Waals surface area contributed by atoms with E-state index in [2.05, 4.69) is 0 Å². The van der Waals surface area contributed by atoms with Crippen molar-refractivity contribution in [2.24, 2.45) is 5.41 Å². The SMILES string of the molecule is CC(C(F)(F)F)(C(F)(F)F)C(F)(F)F.CC(c1ccccc1)(C(F)(F)F)C(F)(F)F.Cc1cccc(C(O)(C(F)(F)F)C(F)(F)F)c1. The molecule has 2 aromatic rings. The Kier molecular flexibility index (Phi) is 12.6. The number of alkyl halides is 21. The second-order valence-electron chi connectivity index (χ2n) is 9.68. The Balaban J connectivity index is 0.000000679. The average molecular weight is 734 g/mol. The van der Waals surface area contributed by atoms with E-state index in [9.17, 15) is 92.2 Å². The highest BCUT2D eigenvalue weighted by molar-refractivity contribution is 5.31. The van der Waals surface area contributed by atoms with E-state index in [1.165, 1.54) is 19.1 Å². The van der Waals surface area contributed by atoms with E-state index in [-0.39, 0.29) is 12.5 Å². The minimum Gasteiger partial charge on any atom is -0.369 e. The van der Waals surface area contributed by atoms with Gasteiger partial charge < -0.3 is 5.11 Å². The maximum atomic E-state index is 12.6. The molecule has 0 atom stereocenters. The summed E-state index contributed by atoms with van der Waals surface area (Å²) in [5.41, 5.74) is -16.2. The molecule has 2 aromatic carbocycles. The lowest BCUT2D eigenvalue weighted by Crippen LogP contribution is -2.57. The normalized spacial score (nSPS) is 14.5. The van der Waals surface area contributed by atoms with Crippen LogP contribution < -0.4 is 0 Å². The topological polar surface area (TPSA) is 20.2 Å². The van der Waals surface area contributed by atoms with Gasteiger partial charge in [-0.1, -0.05) is 60.2 Å². The predicted molar refractivity (Wildman–Crippen MR) is 119 cm³/mol. The van der Waals surface area contributed by atoms with E-state index in [4.69, 9.17) is 5.11 Å². The van der Waals surface area contributed by atoms with Gasteiger partial charge in [0, 0.05) is 5.56 Å². The van der Waals surface area contributed by atoms with Gasteiger partial charge in [0.1, 0.15) is 0 Å². The van der Waals surface area contributed by atoms with Crippen molar-refractivity contribution < 1.29 is 97.3 Å². The number of hydrogen-bond donors (Lipinski definition) is 1. The van der Waals surface area contributed by atoms with Gasteiger partial charge in [0.15, 0.2) is 5.41 Å². The van der Waals surface area contributed by atoms with Gasteiger partial charge in [-0.2, -0.15) is 92.2 Å². The molecule has 0 saturated heterocycles. The number of halogens is 21. The molecule has 2 rings (SSSR count). The Morgan fingerprint density at radius 2 is 0.723 bits per heavy atom. The Morgan fingerprint density at radius 3 is 0.957 bits per heavy atom. The van der Waals surface area contributed by atoms with E-state index < -0.39 is 77.7 Å². The summed E-state index contributed by atoms with van der Waals surface area (Å²) in [4.78, 5) is 0. The second kappa shape index (κ2) is 13.4. The largest absolute Gasteiger partial charge is 0.430 e. The standard InChI is InChI=1S/C10H8F6O.C10H8F6.C5H3F9/c1-6-3-2-4-7(5-6)8(17,9(11,12)13)10(14,15)16;1-8(9(11,12)13,10(14,15)16)7-5-3-2-4-6-7;1-2(3(6,7)8,4(9,10)11)5(12,13)14/h2-5,17H,1H3;2-6H,1H3;1H3. The first-order chi connectivity index (χ1) is 20.4. The van der Waals surface area contributed by atoms with Gasteiger partial charge in [-0.3, -0.25) is 0 Å². The fraction of sp³-hybridized carbons (Fsp3) is 0.520. The van der Waals surface area contributed by atoms with Gasteiger partial charge >= 0.3 is 43.2 Å². The molecular weight excluding hydrogens is 715 g/mol. The number of hydrogen-bond acceptors (Lipinski definition) is 1. The molecule has 0 aliphatic rings. The molecule has 0 spiro atoms. The fourth-order valence-electron chi connectivity index (χ4n) is 3.10. The van der Waals surface area contributed by atoms with Crippen molar-refractivity contribution in [2.75, 3.05) is 0 Å². The van der Waals surface area contributed by atoms with Crippen LogP contribution in [0.5, 0.6) is 0 Å². The zero-order valence-corrected chi connectivity index (χ0v) is 23.1. The van der Waals surface area contributed by atoms with Crippen LogP contribution in [0.15, 0.2) is 54.6 Å². The maximum Gasteiger partial charge on any atom is 0.430 e. The van der Waals surface area contributed by atoms with Crippen LogP contribution in [-0.4, -0.2) is 48.3 Å². The summed E-state index contributed by atoms with van der Waals surface area (Å²) in [6.45, 7) is 0.534. The zero-order valence-electron chi connectivity index (χ0n) is 23.1. The highest BCUT2D eigenvalue weighted by Gasteiger charge is 2.80. The Bertz CT molecular complexity index is 1210. The number of benzene rings is 2. The highest BCUT2D eigenvalue weighted by Crippen LogP contribution is 2.59. The lowest BCUT2D eigenvalue weighted by atomic mass is 9.81. The predicted octanol–water partition coefficient (Wildman–Crippen LogP) is 11.1. The third kappa shape index (κ3) is 8.89. The Hall–Kier alpha value is -3.07. The molecule has 272 valence electrons. The molecule has 0 aromatic heterocycles. The molecule has 47 heavy (non-hydrogen) atoms. The van der Waals surface area contributed by atoms with Crippen molar-refractivity contribution in [2.45, 2.75) is 75.0 Å². The zero-order chi connectivity index (χ0) is 38.1. The van der Waals surface area contributed by atoms with E-state index in [0.29, 0.717) is 12.1 Å². The highest BCUT2D eigenvalue weighted by atomic mass is 19.4. The minimum absolute atomic E-state index is 0.141. The maximum absolute atomic E-state index is 12.6. The van der Waals surface area contributed by atoms with Crippen LogP contribution in [0.25, 0.3) is 0 Å². The van der Waals surface area contributed by atoms with Crippen molar-refractivity contribution in [3.05, 3.63) is 71.3 Å². The van der Waals surface area contributed by atoms with Crippen molar-refractivity contribution in [1.82, 2.24) is 0 Å². The number of aliphatic hydroxyl groups is 1. The monoisotopic (exact) mass is 734 g/mol. The van der Waals surface area contributed by atoms with Crippen LogP contribution in [0, 0.1) is 12.3 Å².